The second-order valence-corrected chi connectivity index (χ2v) is 8.30. The molecule has 8 nitrogen and oxygen atoms in total. The molecule has 0 aliphatic carbocycles. The first-order chi connectivity index (χ1) is 14.8. The number of nitrogens with two attached hydrogens (primary N) is 1. The molecule has 0 unspecified atom stereocenters. The maximum Gasteiger partial charge on any atom is 0.269 e. The van der Waals surface area contributed by atoms with Gasteiger partial charge in [-0.05, 0) is 48.0 Å². The number of nitrogens with zero attached hydrogens (tertiary/aromatic N) is 4. The number of hydrogen-bond donors (Lipinski definition) is 1. The first-order valence-electron chi connectivity index (χ1n) is 9.94. The minimum atomic E-state index is -0.644. The number of hydrogen-bond acceptors (Lipinski definition) is 5. The molecule has 0 fully saturated rings. The van der Waals surface area contributed by atoms with Crippen LogP contribution in [0.1, 0.15) is 36.5 Å². The highest BCUT2D eigenvalue weighted by molar-refractivity contribution is 9.10. The number of aromatic nitrogens is 3. The van der Waals surface area contributed by atoms with E-state index in [-0.39, 0.29) is 42.8 Å². The van der Waals surface area contributed by atoms with Gasteiger partial charge >= 0.3 is 0 Å². The summed E-state index contributed by atoms with van der Waals surface area (Å²) in [6.45, 7) is 4.04. The Balaban J connectivity index is 1.69. The molecule has 3 aromatic rings. The molecule has 2 N–H and O–H groups in total. The highest BCUT2D eigenvalue weighted by Gasteiger charge is 2.22. The Hall–Kier alpha value is -3.07. The molecule has 2 amide bonds. The van der Waals surface area contributed by atoms with Gasteiger partial charge in [-0.15, -0.1) is 0 Å². The number of fused-ring (bicyclic) bond motifs is 1. The number of primary amides is 1. The van der Waals surface area contributed by atoms with E-state index in [2.05, 4.69) is 26.0 Å². The van der Waals surface area contributed by atoms with Gasteiger partial charge in [-0.2, -0.15) is 5.10 Å². The molecule has 2 heterocycles. The first kappa shape index (κ1) is 22.6. The normalized spacial score (nSPS) is 11.1. The topological polar surface area (TPSA) is 111 Å². The number of benzene rings is 1. The van der Waals surface area contributed by atoms with Crippen molar-refractivity contribution in [1.29, 1.82) is 0 Å². The Bertz CT molecular complexity index is 1130. The van der Waals surface area contributed by atoms with Crippen LogP contribution in [-0.4, -0.2) is 49.8 Å². The minimum absolute atomic E-state index is 0.00426. The molecule has 0 radical (unpaired) electrons. The molecule has 0 saturated heterocycles. The minimum Gasteiger partial charge on any atom is -0.364 e. The smallest absolute Gasteiger partial charge is 0.269 e. The van der Waals surface area contributed by atoms with Gasteiger partial charge in [-0.3, -0.25) is 19.1 Å². The van der Waals surface area contributed by atoms with E-state index in [4.69, 9.17) is 5.73 Å². The van der Waals surface area contributed by atoms with Crippen molar-refractivity contribution in [3.63, 3.8) is 0 Å². The molecule has 1 aromatic carbocycles. The molecule has 2 aromatic heterocycles. The lowest BCUT2D eigenvalue weighted by Gasteiger charge is -2.26. The fourth-order valence-corrected chi connectivity index (χ4v) is 3.78. The third kappa shape index (κ3) is 5.55. The summed E-state index contributed by atoms with van der Waals surface area (Å²) in [4.78, 5) is 43.1. The summed E-state index contributed by atoms with van der Waals surface area (Å²) < 4.78 is 2.17. The summed E-state index contributed by atoms with van der Waals surface area (Å²) in [7, 11) is 0. The van der Waals surface area contributed by atoms with Crippen LogP contribution in [0.25, 0.3) is 10.9 Å². The number of halogens is 1. The van der Waals surface area contributed by atoms with Crippen molar-refractivity contribution >= 4 is 44.4 Å². The number of pyridine rings is 1. The third-order valence-electron chi connectivity index (χ3n) is 4.90. The van der Waals surface area contributed by atoms with Crippen LogP contribution in [0.3, 0.4) is 0 Å². The Morgan fingerprint density at radius 3 is 2.55 bits per heavy atom. The van der Waals surface area contributed by atoms with E-state index in [1.807, 2.05) is 26.0 Å². The average molecular weight is 486 g/mol. The van der Waals surface area contributed by atoms with Gasteiger partial charge in [0.25, 0.3) is 5.91 Å². The van der Waals surface area contributed by atoms with Crippen LogP contribution in [0.15, 0.2) is 47.1 Å². The molecular weight excluding hydrogens is 462 g/mol. The van der Waals surface area contributed by atoms with Gasteiger partial charge in [0.1, 0.15) is 16.9 Å². The lowest BCUT2D eigenvalue weighted by molar-refractivity contribution is -0.134. The van der Waals surface area contributed by atoms with Crippen LogP contribution in [0.5, 0.6) is 0 Å². The maximum absolute atomic E-state index is 13.0. The molecule has 0 aliphatic heterocycles. The lowest BCUT2D eigenvalue weighted by atomic mass is 10.1. The van der Waals surface area contributed by atoms with Crippen LogP contribution in [0.4, 0.5) is 0 Å². The van der Waals surface area contributed by atoms with E-state index in [1.165, 1.54) is 4.68 Å². The predicted octanol–water partition coefficient (Wildman–Crippen LogP) is 2.73. The predicted molar refractivity (Wildman–Crippen MR) is 120 cm³/mol. The van der Waals surface area contributed by atoms with Crippen molar-refractivity contribution in [2.45, 2.75) is 39.3 Å². The number of para-hydroxylation sites is 1. The average Bonchev–Trinajstić information content (AvgIpc) is 3.07. The molecule has 0 atom stereocenters. The van der Waals surface area contributed by atoms with Crippen LogP contribution < -0.4 is 5.73 Å². The van der Waals surface area contributed by atoms with Crippen molar-refractivity contribution in [1.82, 2.24) is 19.7 Å². The molecule has 31 heavy (non-hydrogen) atoms. The quantitative estimate of drug-likeness (QED) is 0.468. The van der Waals surface area contributed by atoms with E-state index in [0.29, 0.717) is 27.7 Å². The van der Waals surface area contributed by atoms with Crippen LogP contribution in [-0.2, 0) is 22.6 Å². The third-order valence-corrected chi connectivity index (χ3v) is 5.34. The van der Waals surface area contributed by atoms with Gasteiger partial charge < -0.3 is 10.6 Å². The standard InChI is InChI=1S/C22H24BrN5O3/c1-14(2)27(11-10-16(29)12-15-6-5-9-19(23)25-15)20(30)13-28-18-8-4-3-7-17(18)21(26-28)22(24)31/h3-9,14H,10-13H2,1-2H3,(H2,24,31). The molecule has 0 bridgehead atoms. The summed E-state index contributed by atoms with van der Waals surface area (Å²) in [5.74, 6) is -0.827. The number of carbonyl (C=O) groups excluding carboxylic acids is 3. The molecule has 0 spiro atoms. The van der Waals surface area contributed by atoms with Crippen LogP contribution in [0.2, 0.25) is 0 Å². The molecule has 0 aliphatic rings. The SMILES string of the molecule is CC(C)N(CCC(=O)Cc1cccc(Br)n1)C(=O)Cn1nc(C(N)=O)c2ccccc21. The number of Topliss-reactive ketones (excluding diaryl/α,β-unsaturated/α-hetero) is 1. The van der Waals surface area contributed by atoms with E-state index in [9.17, 15) is 14.4 Å². The van der Waals surface area contributed by atoms with E-state index in [0.717, 1.165) is 0 Å². The number of ketones is 1. The van der Waals surface area contributed by atoms with Crippen LogP contribution >= 0.6 is 15.9 Å². The van der Waals surface area contributed by atoms with Crippen molar-refractivity contribution < 1.29 is 14.4 Å². The summed E-state index contributed by atoms with van der Waals surface area (Å²) in [6.07, 6.45) is 0.440. The van der Waals surface area contributed by atoms with Crippen molar-refractivity contribution in [2.24, 2.45) is 5.73 Å². The maximum atomic E-state index is 13.0. The van der Waals surface area contributed by atoms with Crippen molar-refractivity contribution in [2.75, 3.05) is 6.54 Å². The lowest BCUT2D eigenvalue weighted by Crippen LogP contribution is -2.40. The zero-order valence-corrected chi connectivity index (χ0v) is 19.0. The number of rotatable bonds is 9. The number of carbonyl (C=O) groups is 3. The zero-order valence-electron chi connectivity index (χ0n) is 17.4. The Morgan fingerprint density at radius 1 is 1.13 bits per heavy atom. The molecular formula is C22H24BrN5O3. The second kappa shape index (κ2) is 9.82. The van der Waals surface area contributed by atoms with Gasteiger partial charge in [-0.1, -0.05) is 24.3 Å². The van der Waals surface area contributed by atoms with Gasteiger partial charge in [0.05, 0.1) is 5.52 Å². The highest BCUT2D eigenvalue weighted by Crippen LogP contribution is 2.18. The second-order valence-electron chi connectivity index (χ2n) is 7.49. The van der Waals surface area contributed by atoms with Gasteiger partial charge in [-0.25, -0.2) is 4.98 Å². The van der Waals surface area contributed by atoms with Gasteiger partial charge in [0.2, 0.25) is 5.91 Å². The largest absolute Gasteiger partial charge is 0.364 e. The highest BCUT2D eigenvalue weighted by atomic mass is 79.9. The summed E-state index contributed by atoms with van der Waals surface area (Å²) in [5.41, 5.74) is 6.91. The first-order valence-corrected chi connectivity index (χ1v) is 10.7. The van der Waals surface area contributed by atoms with E-state index in [1.54, 1.807) is 35.2 Å². The summed E-state index contributed by atoms with van der Waals surface area (Å²) in [6, 6.07) is 12.5. The molecule has 9 heteroatoms. The summed E-state index contributed by atoms with van der Waals surface area (Å²) >= 11 is 3.30. The van der Waals surface area contributed by atoms with Crippen LogP contribution in [0, 0.1) is 0 Å². The van der Waals surface area contributed by atoms with E-state index >= 15 is 0 Å². The molecule has 162 valence electrons. The Kier molecular flexibility index (Phi) is 7.17. The fraction of sp³-hybridized carbons (Fsp3) is 0.318. The zero-order chi connectivity index (χ0) is 22.5. The van der Waals surface area contributed by atoms with Crippen molar-refractivity contribution in [3.8, 4) is 0 Å². The molecule has 3 rings (SSSR count). The fourth-order valence-electron chi connectivity index (χ4n) is 3.40. The van der Waals surface area contributed by atoms with Gasteiger partial charge in [0, 0.05) is 36.5 Å². The molecule has 0 saturated carbocycles. The van der Waals surface area contributed by atoms with E-state index < -0.39 is 5.91 Å². The monoisotopic (exact) mass is 485 g/mol. The summed E-state index contributed by atoms with van der Waals surface area (Å²) in [5, 5.41) is 4.85. The Labute approximate surface area is 188 Å². The number of amides is 2. The van der Waals surface area contributed by atoms with Crippen molar-refractivity contribution in [3.05, 3.63) is 58.5 Å². The van der Waals surface area contributed by atoms with Gasteiger partial charge in [0.15, 0.2) is 5.69 Å². The Morgan fingerprint density at radius 2 is 1.87 bits per heavy atom.